The molecule has 2 N–H and O–H groups in total. The summed E-state index contributed by atoms with van der Waals surface area (Å²) in [6.07, 6.45) is 1.47. The molecule has 12 heavy (non-hydrogen) atoms. The predicted octanol–water partition coefficient (Wildman–Crippen LogP) is -0.874. The van der Waals surface area contributed by atoms with Gasteiger partial charge in [-0.05, 0) is 13.0 Å². The third-order valence-corrected chi connectivity index (χ3v) is 1.88. The van der Waals surface area contributed by atoms with Crippen molar-refractivity contribution in [1.29, 1.82) is 0 Å². The van der Waals surface area contributed by atoms with Crippen molar-refractivity contribution in [2.75, 3.05) is 13.1 Å². The van der Waals surface area contributed by atoms with Crippen LogP contribution in [0.4, 0.5) is 0 Å². The minimum Gasteiger partial charge on any atom is -0.388 e. The van der Waals surface area contributed by atoms with Crippen LogP contribution < -0.4 is 0 Å². The molecule has 68 valence electrons. The maximum atomic E-state index is 11.2. The molecule has 0 aromatic carbocycles. The first-order chi connectivity index (χ1) is 5.65. The molecule has 4 heteroatoms. The van der Waals surface area contributed by atoms with E-state index in [-0.39, 0.29) is 19.0 Å². The number of carbonyl (C=O) groups excluding carboxylic acids is 1. The van der Waals surface area contributed by atoms with Gasteiger partial charge in [0.2, 0.25) is 5.91 Å². The molecule has 0 aliphatic carbocycles. The minimum absolute atomic E-state index is 0.159. The normalized spacial score (nSPS) is 30.1. The second kappa shape index (κ2) is 3.69. The molecule has 0 aromatic heterocycles. The molecule has 1 heterocycles. The third kappa shape index (κ3) is 1.84. The first-order valence-electron chi connectivity index (χ1n) is 3.93. The summed E-state index contributed by atoms with van der Waals surface area (Å²) >= 11 is 0. The Labute approximate surface area is 71.1 Å². The van der Waals surface area contributed by atoms with Crippen LogP contribution in [0.3, 0.4) is 0 Å². The quantitative estimate of drug-likeness (QED) is 0.504. The first kappa shape index (κ1) is 9.22. The summed E-state index contributed by atoms with van der Waals surface area (Å²) in [6.45, 7) is 2.20. The van der Waals surface area contributed by atoms with Crippen LogP contribution in [0.25, 0.3) is 0 Å². The van der Waals surface area contributed by atoms with Gasteiger partial charge in [0.1, 0.15) is 0 Å². The molecule has 0 saturated carbocycles. The Hall–Kier alpha value is -0.870. The lowest BCUT2D eigenvalue weighted by atomic mass is 10.3. The van der Waals surface area contributed by atoms with E-state index in [0.29, 0.717) is 0 Å². The Morgan fingerprint density at radius 2 is 1.92 bits per heavy atom. The number of aliphatic hydroxyl groups excluding tert-OH is 2. The summed E-state index contributed by atoms with van der Waals surface area (Å²) in [7, 11) is 0. The van der Waals surface area contributed by atoms with Gasteiger partial charge in [-0.3, -0.25) is 4.79 Å². The van der Waals surface area contributed by atoms with Gasteiger partial charge in [-0.15, -0.1) is 0 Å². The zero-order valence-electron chi connectivity index (χ0n) is 6.97. The maximum Gasteiger partial charge on any atom is 0.246 e. The Kier molecular flexibility index (Phi) is 2.83. The van der Waals surface area contributed by atoms with Gasteiger partial charge in [0.25, 0.3) is 0 Å². The van der Waals surface area contributed by atoms with Crippen molar-refractivity contribution >= 4 is 5.91 Å². The summed E-state index contributed by atoms with van der Waals surface area (Å²) in [4.78, 5) is 12.6. The van der Waals surface area contributed by atoms with E-state index in [0.717, 1.165) is 0 Å². The monoisotopic (exact) mass is 171 g/mol. The molecule has 2 atom stereocenters. The van der Waals surface area contributed by atoms with E-state index >= 15 is 0 Å². The van der Waals surface area contributed by atoms with E-state index in [1.807, 2.05) is 0 Å². The Balaban J connectivity index is 2.51. The van der Waals surface area contributed by atoms with Gasteiger partial charge in [-0.25, -0.2) is 0 Å². The van der Waals surface area contributed by atoms with Crippen molar-refractivity contribution in [1.82, 2.24) is 4.90 Å². The molecular weight excluding hydrogens is 158 g/mol. The van der Waals surface area contributed by atoms with Gasteiger partial charge in [0, 0.05) is 13.1 Å². The van der Waals surface area contributed by atoms with Crippen molar-refractivity contribution in [3.8, 4) is 0 Å². The van der Waals surface area contributed by atoms with Crippen LogP contribution in [0.5, 0.6) is 0 Å². The average molecular weight is 171 g/mol. The largest absolute Gasteiger partial charge is 0.388 e. The summed E-state index contributed by atoms with van der Waals surface area (Å²) in [5.41, 5.74) is 0. The summed E-state index contributed by atoms with van der Waals surface area (Å²) in [6, 6.07) is 0. The molecule has 1 rings (SSSR count). The van der Waals surface area contributed by atoms with E-state index in [9.17, 15) is 4.79 Å². The fourth-order valence-electron chi connectivity index (χ4n) is 1.20. The van der Waals surface area contributed by atoms with Gasteiger partial charge in [-0.1, -0.05) is 6.08 Å². The lowest BCUT2D eigenvalue weighted by molar-refractivity contribution is -0.125. The molecular formula is C8H13NO3. The number of nitrogens with zero attached hydrogens (tertiary/aromatic N) is 1. The molecule has 1 amide bonds. The van der Waals surface area contributed by atoms with E-state index in [4.69, 9.17) is 10.2 Å². The number of carbonyl (C=O) groups is 1. The number of amides is 1. The number of β-amino-alcohol motifs (C(OH)–C–C–N with tert-alkyl or cyclic N) is 2. The van der Waals surface area contributed by atoms with Gasteiger partial charge < -0.3 is 15.1 Å². The lowest BCUT2D eigenvalue weighted by Gasteiger charge is -2.11. The number of aliphatic hydroxyl groups is 2. The van der Waals surface area contributed by atoms with Crippen LogP contribution >= 0.6 is 0 Å². The van der Waals surface area contributed by atoms with E-state index in [1.54, 1.807) is 13.0 Å². The Morgan fingerprint density at radius 3 is 2.33 bits per heavy atom. The van der Waals surface area contributed by atoms with Gasteiger partial charge >= 0.3 is 0 Å². The molecule has 0 aromatic rings. The summed E-state index contributed by atoms with van der Waals surface area (Å²) in [5, 5.41) is 18.2. The van der Waals surface area contributed by atoms with Crippen LogP contribution in [0.2, 0.25) is 0 Å². The third-order valence-electron chi connectivity index (χ3n) is 1.88. The highest BCUT2D eigenvalue weighted by atomic mass is 16.3. The highest BCUT2D eigenvalue weighted by Crippen LogP contribution is 2.09. The van der Waals surface area contributed by atoms with E-state index in [2.05, 4.69) is 0 Å². The Bertz CT molecular complexity index is 192. The second-order valence-electron chi connectivity index (χ2n) is 2.88. The minimum atomic E-state index is -0.792. The zero-order valence-corrected chi connectivity index (χ0v) is 6.97. The molecule has 0 spiro atoms. The molecule has 1 aliphatic heterocycles. The van der Waals surface area contributed by atoms with E-state index < -0.39 is 12.2 Å². The summed E-state index contributed by atoms with van der Waals surface area (Å²) in [5.74, 6) is -0.159. The molecule has 0 unspecified atom stereocenters. The van der Waals surface area contributed by atoms with E-state index in [1.165, 1.54) is 11.0 Å². The molecule has 0 radical (unpaired) electrons. The van der Waals surface area contributed by atoms with Crippen LogP contribution in [-0.4, -0.2) is 46.3 Å². The molecule has 1 saturated heterocycles. The number of hydrogen-bond acceptors (Lipinski definition) is 3. The SMILES string of the molecule is CC=CC(=O)N1C[C@@H](O)[C@@H](O)C1. The zero-order chi connectivity index (χ0) is 9.14. The smallest absolute Gasteiger partial charge is 0.246 e. The van der Waals surface area contributed by atoms with Crippen LogP contribution in [0, 0.1) is 0 Å². The van der Waals surface area contributed by atoms with Crippen LogP contribution in [-0.2, 0) is 4.79 Å². The molecule has 1 aliphatic rings. The average Bonchev–Trinajstić information content (AvgIpc) is 2.33. The number of allylic oxidation sites excluding steroid dienone is 1. The van der Waals surface area contributed by atoms with Crippen molar-refractivity contribution in [3.63, 3.8) is 0 Å². The van der Waals surface area contributed by atoms with Crippen molar-refractivity contribution in [2.45, 2.75) is 19.1 Å². The number of rotatable bonds is 1. The standard InChI is InChI=1S/C8H13NO3/c1-2-3-8(12)9-4-6(10)7(11)5-9/h2-3,6-7,10-11H,4-5H2,1H3/t6-,7+. The number of hydrogen-bond donors (Lipinski definition) is 2. The van der Waals surface area contributed by atoms with Crippen molar-refractivity contribution < 1.29 is 15.0 Å². The topological polar surface area (TPSA) is 60.8 Å². The fourth-order valence-corrected chi connectivity index (χ4v) is 1.20. The van der Waals surface area contributed by atoms with Gasteiger partial charge in [0.05, 0.1) is 12.2 Å². The van der Waals surface area contributed by atoms with Crippen molar-refractivity contribution in [3.05, 3.63) is 12.2 Å². The molecule has 0 bridgehead atoms. The second-order valence-corrected chi connectivity index (χ2v) is 2.88. The fraction of sp³-hybridized carbons (Fsp3) is 0.625. The summed E-state index contributed by atoms with van der Waals surface area (Å²) < 4.78 is 0. The number of likely N-dealkylation sites (tertiary alicyclic amines) is 1. The van der Waals surface area contributed by atoms with Gasteiger partial charge in [-0.2, -0.15) is 0 Å². The molecule has 1 fully saturated rings. The van der Waals surface area contributed by atoms with Gasteiger partial charge in [0.15, 0.2) is 0 Å². The Morgan fingerprint density at radius 1 is 1.42 bits per heavy atom. The predicted molar refractivity (Wildman–Crippen MR) is 43.4 cm³/mol. The highest BCUT2D eigenvalue weighted by Gasteiger charge is 2.31. The van der Waals surface area contributed by atoms with Crippen LogP contribution in [0.15, 0.2) is 12.2 Å². The van der Waals surface area contributed by atoms with Crippen LogP contribution in [0.1, 0.15) is 6.92 Å². The highest BCUT2D eigenvalue weighted by molar-refractivity contribution is 5.87. The first-order valence-corrected chi connectivity index (χ1v) is 3.93. The maximum absolute atomic E-state index is 11.2. The molecule has 4 nitrogen and oxygen atoms in total. The van der Waals surface area contributed by atoms with Crippen molar-refractivity contribution in [2.24, 2.45) is 0 Å². The lowest BCUT2D eigenvalue weighted by Crippen LogP contribution is -2.27.